The number of ether oxygens (including phenoxy) is 2. The molecule has 2 aliphatic heterocycles. The summed E-state index contributed by atoms with van der Waals surface area (Å²) < 4.78 is 10.8. The van der Waals surface area contributed by atoms with Crippen LogP contribution < -0.4 is 9.47 Å². The van der Waals surface area contributed by atoms with Crippen molar-refractivity contribution >= 4 is 28.9 Å². The molecule has 0 bridgehead atoms. The lowest BCUT2D eigenvalue weighted by molar-refractivity contribution is -0.113. The van der Waals surface area contributed by atoms with E-state index in [1.54, 1.807) is 14.2 Å². The number of carbonyl (C=O) groups excluding carboxylic acids is 1. The zero-order valence-corrected chi connectivity index (χ0v) is 21.3. The number of benzene rings is 3. The molecule has 1 amide bonds. The fraction of sp³-hybridized carbons (Fsp3) is 0.241. The molecule has 6 nitrogen and oxygen atoms in total. The number of piperazine rings is 1. The van der Waals surface area contributed by atoms with Crippen LogP contribution >= 0.6 is 11.8 Å². The van der Waals surface area contributed by atoms with Gasteiger partial charge in [-0.05, 0) is 47.2 Å². The molecule has 2 aliphatic rings. The molecule has 0 radical (unpaired) electrons. The second-order valence-electron chi connectivity index (χ2n) is 8.66. The second-order valence-corrected chi connectivity index (χ2v) is 9.67. The minimum absolute atomic E-state index is 0.199. The fourth-order valence-electron chi connectivity index (χ4n) is 4.68. The van der Waals surface area contributed by atoms with Crippen molar-refractivity contribution in [2.45, 2.75) is 6.04 Å². The van der Waals surface area contributed by atoms with Crippen molar-refractivity contribution in [3.05, 3.63) is 100 Å². The number of aliphatic imine (C=N–C) groups is 1. The van der Waals surface area contributed by atoms with Crippen molar-refractivity contribution in [2.24, 2.45) is 4.99 Å². The second kappa shape index (κ2) is 11.0. The van der Waals surface area contributed by atoms with E-state index in [-0.39, 0.29) is 11.9 Å². The predicted molar refractivity (Wildman–Crippen MR) is 145 cm³/mol. The Morgan fingerprint density at radius 3 is 2.08 bits per heavy atom. The van der Waals surface area contributed by atoms with E-state index >= 15 is 0 Å². The molecule has 3 aromatic carbocycles. The molecule has 1 fully saturated rings. The lowest BCUT2D eigenvalue weighted by atomic mass is 9.96. The predicted octanol–water partition coefficient (Wildman–Crippen LogP) is 5.08. The van der Waals surface area contributed by atoms with E-state index in [0.29, 0.717) is 16.4 Å². The van der Waals surface area contributed by atoms with Gasteiger partial charge in [0, 0.05) is 31.7 Å². The Labute approximate surface area is 216 Å². The van der Waals surface area contributed by atoms with Crippen molar-refractivity contribution < 1.29 is 14.3 Å². The lowest BCUT2D eigenvalue weighted by Crippen LogP contribution is -2.49. The number of amides is 1. The molecule has 2 heterocycles. The molecule has 0 spiro atoms. The SMILES string of the molecule is COc1ccc(OC)c(/C=C2/SC(N3CCN(C(c4ccccc4)c4ccccc4)CC3)=NC2=O)c1. The molecule has 0 aromatic heterocycles. The monoisotopic (exact) mass is 499 g/mol. The number of rotatable bonds is 6. The van der Waals surface area contributed by atoms with Gasteiger partial charge in [0.25, 0.3) is 5.91 Å². The summed E-state index contributed by atoms with van der Waals surface area (Å²) in [5.41, 5.74) is 3.37. The Morgan fingerprint density at radius 2 is 1.50 bits per heavy atom. The largest absolute Gasteiger partial charge is 0.497 e. The van der Waals surface area contributed by atoms with Gasteiger partial charge < -0.3 is 14.4 Å². The first-order valence-electron chi connectivity index (χ1n) is 12.0. The van der Waals surface area contributed by atoms with E-state index in [1.165, 1.54) is 22.9 Å². The number of methoxy groups -OCH3 is 2. The van der Waals surface area contributed by atoms with Crippen LogP contribution in [-0.4, -0.2) is 61.3 Å². The van der Waals surface area contributed by atoms with Gasteiger partial charge in [-0.1, -0.05) is 60.7 Å². The maximum atomic E-state index is 12.7. The van der Waals surface area contributed by atoms with Gasteiger partial charge in [0.2, 0.25) is 0 Å². The first-order chi connectivity index (χ1) is 17.7. The van der Waals surface area contributed by atoms with Crippen LogP contribution in [0.4, 0.5) is 0 Å². The van der Waals surface area contributed by atoms with Crippen LogP contribution in [0.15, 0.2) is 88.8 Å². The highest BCUT2D eigenvalue weighted by Gasteiger charge is 2.31. The Bertz CT molecular complexity index is 1230. The summed E-state index contributed by atoms with van der Waals surface area (Å²) >= 11 is 1.43. The summed E-state index contributed by atoms with van der Waals surface area (Å²) in [5.74, 6) is 1.18. The van der Waals surface area contributed by atoms with Gasteiger partial charge in [0.1, 0.15) is 11.5 Å². The molecule has 0 saturated carbocycles. The third kappa shape index (κ3) is 5.17. The van der Waals surface area contributed by atoms with Gasteiger partial charge in [-0.2, -0.15) is 4.99 Å². The van der Waals surface area contributed by atoms with E-state index in [4.69, 9.17) is 9.47 Å². The van der Waals surface area contributed by atoms with Gasteiger partial charge in [-0.15, -0.1) is 0 Å². The smallest absolute Gasteiger partial charge is 0.286 e. The minimum Gasteiger partial charge on any atom is -0.497 e. The topological polar surface area (TPSA) is 54.4 Å². The Kier molecular flexibility index (Phi) is 7.39. The van der Waals surface area contributed by atoms with E-state index in [0.717, 1.165) is 36.9 Å². The first-order valence-corrected chi connectivity index (χ1v) is 12.8. The van der Waals surface area contributed by atoms with Crippen LogP contribution in [0.1, 0.15) is 22.7 Å². The first kappa shape index (κ1) is 24.2. The highest BCUT2D eigenvalue weighted by molar-refractivity contribution is 8.18. The van der Waals surface area contributed by atoms with Crippen LogP contribution in [0.5, 0.6) is 11.5 Å². The van der Waals surface area contributed by atoms with Gasteiger partial charge in [0.05, 0.1) is 25.2 Å². The summed E-state index contributed by atoms with van der Waals surface area (Å²) in [6.07, 6.45) is 1.84. The van der Waals surface area contributed by atoms with Gasteiger partial charge in [0.15, 0.2) is 5.17 Å². The molecule has 0 aliphatic carbocycles. The van der Waals surface area contributed by atoms with Gasteiger partial charge in [-0.25, -0.2) is 0 Å². The molecular weight excluding hydrogens is 470 g/mol. The van der Waals surface area contributed by atoms with Crippen LogP contribution in [0.2, 0.25) is 0 Å². The third-order valence-corrected chi connectivity index (χ3v) is 7.56. The number of carbonyl (C=O) groups is 1. The van der Waals surface area contributed by atoms with Crippen molar-refractivity contribution in [3.63, 3.8) is 0 Å². The summed E-state index contributed by atoms with van der Waals surface area (Å²) in [4.78, 5) is 22.4. The average Bonchev–Trinajstić information content (AvgIpc) is 3.30. The van der Waals surface area contributed by atoms with Crippen LogP contribution in [-0.2, 0) is 4.79 Å². The van der Waals surface area contributed by atoms with Crippen LogP contribution in [0.25, 0.3) is 6.08 Å². The van der Waals surface area contributed by atoms with Crippen molar-refractivity contribution in [1.29, 1.82) is 0 Å². The molecule has 5 rings (SSSR count). The van der Waals surface area contributed by atoms with Gasteiger partial charge >= 0.3 is 0 Å². The van der Waals surface area contributed by atoms with E-state index in [2.05, 4.69) is 75.5 Å². The van der Waals surface area contributed by atoms with E-state index < -0.39 is 0 Å². The fourth-order valence-corrected chi connectivity index (χ4v) is 5.64. The Balaban J connectivity index is 1.29. The number of amidine groups is 1. The van der Waals surface area contributed by atoms with Crippen LogP contribution in [0, 0.1) is 0 Å². The molecule has 0 unspecified atom stereocenters. The summed E-state index contributed by atoms with van der Waals surface area (Å²) in [6.45, 7) is 3.38. The molecular formula is C29H29N3O3S. The number of hydrogen-bond donors (Lipinski definition) is 0. The number of thioether (sulfide) groups is 1. The molecule has 0 atom stereocenters. The molecule has 3 aromatic rings. The number of hydrogen-bond acceptors (Lipinski definition) is 6. The molecule has 184 valence electrons. The average molecular weight is 500 g/mol. The van der Waals surface area contributed by atoms with Crippen LogP contribution in [0.3, 0.4) is 0 Å². The summed E-state index contributed by atoms with van der Waals surface area (Å²) in [5, 5.41) is 0.767. The quantitative estimate of drug-likeness (QED) is 0.441. The van der Waals surface area contributed by atoms with Crippen molar-refractivity contribution in [3.8, 4) is 11.5 Å². The van der Waals surface area contributed by atoms with E-state index in [1.807, 2.05) is 24.3 Å². The number of nitrogens with zero attached hydrogens (tertiary/aromatic N) is 3. The Morgan fingerprint density at radius 1 is 0.861 bits per heavy atom. The normalized spacial score (nSPS) is 17.5. The highest BCUT2D eigenvalue weighted by atomic mass is 32.2. The van der Waals surface area contributed by atoms with E-state index in [9.17, 15) is 4.79 Å². The molecule has 1 saturated heterocycles. The Hall–Kier alpha value is -3.55. The maximum absolute atomic E-state index is 12.7. The highest BCUT2D eigenvalue weighted by Crippen LogP contribution is 2.35. The molecule has 0 N–H and O–H groups in total. The minimum atomic E-state index is -0.214. The third-order valence-electron chi connectivity index (χ3n) is 6.51. The zero-order valence-electron chi connectivity index (χ0n) is 20.5. The standard InChI is InChI=1S/C29H29N3O3S/c1-34-24-13-14-25(35-2)23(19-24)20-26-28(33)30-29(36-26)32-17-15-31(16-18-32)27(21-9-5-3-6-10-21)22-11-7-4-8-12-22/h3-14,19-20,27H,15-18H2,1-2H3/b26-20+. The zero-order chi connectivity index (χ0) is 24.9. The molecule has 36 heavy (non-hydrogen) atoms. The van der Waals surface area contributed by atoms with Crippen molar-refractivity contribution in [1.82, 2.24) is 9.80 Å². The summed E-state index contributed by atoms with van der Waals surface area (Å²) in [6, 6.07) is 27.0. The molecule has 7 heteroatoms. The lowest BCUT2D eigenvalue weighted by Gasteiger charge is -2.40. The van der Waals surface area contributed by atoms with Gasteiger partial charge in [-0.3, -0.25) is 9.69 Å². The van der Waals surface area contributed by atoms with Crippen molar-refractivity contribution in [2.75, 3.05) is 40.4 Å². The summed E-state index contributed by atoms with van der Waals surface area (Å²) in [7, 11) is 3.24. The maximum Gasteiger partial charge on any atom is 0.286 e.